The molecule has 0 fully saturated rings. The highest BCUT2D eigenvalue weighted by Crippen LogP contribution is 2.28. The third kappa shape index (κ3) is 2.89. The summed E-state index contributed by atoms with van der Waals surface area (Å²) in [4.78, 5) is 2.59. The summed E-state index contributed by atoms with van der Waals surface area (Å²) in [5, 5.41) is 0. The van der Waals surface area contributed by atoms with Crippen LogP contribution in [0.2, 0.25) is 0 Å². The monoisotopic (exact) mass is 228 g/mol. The van der Waals surface area contributed by atoms with Gasteiger partial charge in [0.05, 0.1) is 0 Å². The second kappa shape index (κ2) is 5.22. The summed E-state index contributed by atoms with van der Waals surface area (Å²) in [7, 11) is 0. The van der Waals surface area contributed by atoms with Gasteiger partial charge in [0.2, 0.25) is 0 Å². The Morgan fingerprint density at radius 2 is 1.31 bits per heavy atom. The number of benzene rings is 2. The number of hydrogen-bond acceptors (Lipinski definition) is 1. The lowest BCUT2D eigenvalue weighted by atomic mass is 10.0. The van der Waals surface area contributed by atoms with E-state index >= 15 is 0 Å². The minimum Gasteiger partial charge on any atom is -0.0901 e. The summed E-state index contributed by atoms with van der Waals surface area (Å²) < 4.78 is 0. The van der Waals surface area contributed by atoms with Crippen LogP contribution in [0.3, 0.4) is 0 Å². The van der Waals surface area contributed by atoms with Crippen LogP contribution < -0.4 is 0 Å². The molecule has 0 saturated heterocycles. The summed E-state index contributed by atoms with van der Waals surface area (Å²) >= 11 is 1.81. The molecule has 0 aliphatic rings. The molecule has 0 radical (unpaired) electrons. The molecular formula is C15H16S. The van der Waals surface area contributed by atoms with Crippen LogP contribution in [-0.4, -0.2) is 0 Å². The first kappa shape index (κ1) is 11.3. The maximum atomic E-state index is 2.22. The van der Waals surface area contributed by atoms with Crippen molar-refractivity contribution < 1.29 is 0 Å². The summed E-state index contributed by atoms with van der Waals surface area (Å²) in [6.45, 7) is 4.44. The fourth-order valence-corrected chi connectivity index (χ4v) is 2.38. The van der Waals surface area contributed by atoms with Crippen molar-refractivity contribution >= 4 is 11.8 Å². The van der Waals surface area contributed by atoms with Gasteiger partial charge in [-0.05, 0) is 35.7 Å². The lowest BCUT2D eigenvalue weighted by molar-refractivity contribution is 0.865. The van der Waals surface area contributed by atoms with E-state index in [-0.39, 0.29) is 0 Å². The van der Waals surface area contributed by atoms with Crippen molar-refractivity contribution in [2.75, 3.05) is 0 Å². The average molecular weight is 228 g/mol. The van der Waals surface area contributed by atoms with Gasteiger partial charge in [-0.25, -0.2) is 0 Å². The molecule has 1 heteroatoms. The third-order valence-corrected chi connectivity index (χ3v) is 3.54. The zero-order chi connectivity index (χ0) is 11.4. The molecule has 0 atom stereocenters. The third-order valence-electron chi connectivity index (χ3n) is 2.53. The van der Waals surface area contributed by atoms with Gasteiger partial charge >= 0.3 is 0 Å². The molecule has 0 nitrogen and oxygen atoms in total. The van der Waals surface area contributed by atoms with E-state index in [2.05, 4.69) is 62.4 Å². The fourth-order valence-electron chi connectivity index (χ4n) is 1.55. The molecule has 0 heterocycles. The molecule has 2 aromatic carbocycles. The number of rotatable bonds is 3. The minimum absolute atomic E-state index is 0.607. The molecule has 0 unspecified atom stereocenters. The first-order valence-corrected chi connectivity index (χ1v) is 6.40. The van der Waals surface area contributed by atoms with Gasteiger partial charge in [-0.3, -0.25) is 0 Å². The van der Waals surface area contributed by atoms with Crippen LogP contribution in [0.25, 0.3) is 0 Å². The molecule has 82 valence electrons. The van der Waals surface area contributed by atoms with Crippen molar-refractivity contribution in [3.63, 3.8) is 0 Å². The molecule has 2 rings (SSSR count). The van der Waals surface area contributed by atoms with Crippen molar-refractivity contribution in [2.24, 2.45) is 0 Å². The normalized spacial score (nSPS) is 10.7. The lowest BCUT2D eigenvalue weighted by Crippen LogP contribution is -1.85. The molecule has 0 N–H and O–H groups in total. The van der Waals surface area contributed by atoms with Crippen LogP contribution in [0.15, 0.2) is 64.4 Å². The summed E-state index contributed by atoms with van der Waals surface area (Å²) in [6.07, 6.45) is 0. The molecule has 0 saturated carbocycles. The Morgan fingerprint density at radius 3 is 1.88 bits per heavy atom. The van der Waals surface area contributed by atoms with Crippen LogP contribution in [0.1, 0.15) is 25.3 Å². The van der Waals surface area contributed by atoms with Crippen molar-refractivity contribution in [3.05, 3.63) is 60.2 Å². The second-order valence-electron chi connectivity index (χ2n) is 4.14. The Labute approximate surface area is 102 Å². The van der Waals surface area contributed by atoms with Crippen LogP contribution in [0.4, 0.5) is 0 Å². The maximum Gasteiger partial charge on any atom is 0.0122 e. The van der Waals surface area contributed by atoms with E-state index in [9.17, 15) is 0 Å². The maximum absolute atomic E-state index is 2.22. The van der Waals surface area contributed by atoms with Gasteiger partial charge in [-0.2, -0.15) is 0 Å². The smallest absolute Gasteiger partial charge is 0.0122 e. The van der Waals surface area contributed by atoms with Gasteiger partial charge in [-0.1, -0.05) is 55.9 Å². The molecule has 0 aliphatic heterocycles. The quantitative estimate of drug-likeness (QED) is 0.715. The van der Waals surface area contributed by atoms with E-state index in [0.29, 0.717) is 5.92 Å². The van der Waals surface area contributed by atoms with Gasteiger partial charge < -0.3 is 0 Å². The SMILES string of the molecule is CC(C)c1ccc(Sc2ccccc2)cc1. The van der Waals surface area contributed by atoms with Crippen LogP contribution >= 0.6 is 11.8 Å². The molecule has 0 amide bonds. The average Bonchev–Trinajstić information content (AvgIpc) is 2.31. The molecular weight excluding hydrogens is 212 g/mol. The minimum atomic E-state index is 0.607. The standard InChI is InChI=1S/C15H16S/c1-12(2)13-8-10-15(11-9-13)16-14-6-4-3-5-7-14/h3-12H,1-2H3. The van der Waals surface area contributed by atoms with E-state index in [4.69, 9.17) is 0 Å². The van der Waals surface area contributed by atoms with E-state index in [0.717, 1.165) is 0 Å². The molecule has 16 heavy (non-hydrogen) atoms. The van der Waals surface area contributed by atoms with Gasteiger partial charge in [0.1, 0.15) is 0 Å². The zero-order valence-electron chi connectivity index (χ0n) is 9.68. The van der Waals surface area contributed by atoms with E-state index in [1.807, 2.05) is 17.8 Å². The van der Waals surface area contributed by atoms with Gasteiger partial charge in [0.15, 0.2) is 0 Å². The number of hydrogen-bond donors (Lipinski definition) is 0. The van der Waals surface area contributed by atoms with Crippen molar-refractivity contribution in [1.29, 1.82) is 0 Å². The molecule has 2 aromatic rings. The van der Waals surface area contributed by atoms with E-state index in [1.165, 1.54) is 15.4 Å². The Balaban J connectivity index is 2.11. The summed E-state index contributed by atoms with van der Waals surface area (Å²) in [5.74, 6) is 0.607. The molecule has 0 spiro atoms. The Hall–Kier alpha value is -1.21. The van der Waals surface area contributed by atoms with Crippen molar-refractivity contribution in [1.82, 2.24) is 0 Å². The molecule has 0 bridgehead atoms. The first-order valence-electron chi connectivity index (χ1n) is 5.58. The summed E-state index contributed by atoms with van der Waals surface area (Å²) in [6, 6.07) is 19.3. The summed E-state index contributed by atoms with van der Waals surface area (Å²) in [5.41, 5.74) is 1.40. The van der Waals surface area contributed by atoms with E-state index in [1.54, 1.807) is 0 Å². The lowest BCUT2D eigenvalue weighted by Gasteiger charge is -2.06. The van der Waals surface area contributed by atoms with Crippen molar-refractivity contribution in [2.45, 2.75) is 29.6 Å². The van der Waals surface area contributed by atoms with Crippen molar-refractivity contribution in [3.8, 4) is 0 Å². The molecule has 0 aliphatic carbocycles. The van der Waals surface area contributed by atoms with Crippen LogP contribution in [0, 0.1) is 0 Å². The predicted molar refractivity (Wildman–Crippen MR) is 71.1 cm³/mol. The highest BCUT2D eigenvalue weighted by molar-refractivity contribution is 7.99. The zero-order valence-corrected chi connectivity index (χ0v) is 10.5. The largest absolute Gasteiger partial charge is 0.0901 e. The molecule has 0 aromatic heterocycles. The highest BCUT2D eigenvalue weighted by atomic mass is 32.2. The fraction of sp³-hybridized carbons (Fsp3) is 0.200. The van der Waals surface area contributed by atoms with E-state index < -0.39 is 0 Å². The Kier molecular flexibility index (Phi) is 3.68. The van der Waals surface area contributed by atoms with Gasteiger partial charge in [-0.15, -0.1) is 0 Å². The second-order valence-corrected chi connectivity index (χ2v) is 5.29. The topological polar surface area (TPSA) is 0 Å². The Bertz CT molecular complexity index is 429. The van der Waals surface area contributed by atoms with Gasteiger partial charge in [0.25, 0.3) is 0 Å². The first-order chi connectivity index (χ1) is 7.75. The van der Waals surface area contributed by atoms with Crippen LogP contribution in [-0.2, 0) is 0 Å². The predicted octanol–water partition coefficient (Wildman–Crippen LogP) is 4.96. The Morgan fingerprint density at radius 1 is 0.750 bits per heavy atom. The highest BCUT2D eigenvalue weighted by Gasteiger charge is 2.00. The van der Waals surface area contributed by atoms with Crippen LogP contribution in [0.5, 0.6) is 0 Å². The van der Waals surface area contributed by atoms with Gasteiger partial charge in [0, 0.05) is 9.79 Å².